The number of amides is 2. The number of aromatic nitrogens is 2. The zero-order valence-corrected chi connectivity index (χ0v) is 16.4. The monoisotopic (exact) mass is 398 g/mol. The predicted octanol–water partition coefficient (Wildman–Crippen LogP) is 0.399. The molecule has 1 aliphatic rings. The number of pyridine rings is 2. The minimum atomic E-state index is -0.839. The molecule has 0 radical (unpaired) electrons. The summed E-state index contributed by atoms with van der Waals surface area (Å²) in [7, 11) is 1.58. The highest BCUT2D eigenvalue weighted by atomic mass is 16.3. The van der Waals surface area contributed by atoms with Gasteiger partial charge in [-0.2, -0.15) is 0 Å². The van der Waals surface area contributed by atoms with E-state index in [2.05, 4.69) is 15.6 Å². The maximum Gasteiger partial charge on any atom is 0.263 e. The molecule has 2 aromatic heterocycles. The highest BCUT2D eigenvalue weighted by Gasteiger charge is 2.33. The van der Waals surface area contributed by atoms with Crippen LogP contribution in [-0.4, -0.2) is 45.2 Å². The molecule has 0 aromatic carbocycles. The van der Waals surface area contributed by atoms with Gasteiger partial charge in [0.2, 0.25) is 5.91 Å². The Labute approximate surface area is 169 Å². The molecule has 3 rings (SSSR count). The first kappa shape index (κ1) is 20.7. The molecule has 0 unspecified atom stereocenters. The van der Waals surface area contributed by atoms with Crippen molar-refractivity contribution < 1.29 is 14.7 Å². The smallest absolute Gasteiger partial charge is 0.263 e. The maximum atomic E-state index is 12.4. The fraction of sp³-hybridized carbons (Fsp3) is 0.429. The van der Waals surface area contributed by atoms with Crippen molar-refractivity contribution in [2.45, 2.75) is 37.8 Å². The van der Waals surface area contributed by atoms with Crippen molar-refractivity contribution in [1.82, 2.24) is 20.2 Å². The summed E-state index contributed by atoms with van der Waals surface area (Å²) >= 11 is 0. The van der Waals surface area contributed by atoms with E-state index >= 15 is 0 Å². The number of hydrogen-bond donors (Lipinski definition) is 3. The Kier molecular flexibility index (Phi) is 6.77. The molecule has 1 fully saturated rings. The Balaban J connectivity index is 1.48. The first-order chi connectivity index (χ1) is 14.0. The molecule has 154 valence electrons. The van der Waals surface area contributed by atoms with Crippen LogP contribution in [0.4, 0.5) is 0 Å². The normalized spacial score (nSPS) is 21.4. The van der Waals surface area contributed by atoms with E-state index in [0.29, 0.717) is 25.8 Å². The van der Waals surface area contributed by atoms with Gasteiger partial charge in [-0.3, -0.25) is 19.4 Å². The lowest BCUT2D eigenvalue weighted by atomic mass is 9.83. The number of rotatable bonds is 6. The molecule has 8 nitrogen and oxygen atoms in total. The van der Waals surface area contributed by atoms with Crippen LogP contribution in [0.25, 0.3) is 0 Å². The van der Waals surface area contributed by atoms with Gasteiger partial charge in [0.15, 0.2) is 0 Å². The molecule has 1 aliphatic carbocycles. The molecule has 8 heteroatoms. The quantitative estimate of drug-likeness (QED) is 0.652. The number of carbonyl (C=O) groups excluding carboxylic acids is 2. The Morgan fingerprint density at radius 1 is 1.28 bits per heavy atom. The van der Waals surface area contributed by atoms with Gasteiger partial charge in [-0.25, -0.2) is 0 Å². The fourth-order valence-electron chi connectivity index (χ4n) is 3.59. The number of carbonyl (C=O) groups is 2. The summed E-state index contributed by atoms with van der Waals surface area (Å²) in [4.78, 5) is 40.9. The highest BCUT2D eigenvalue weighted by molar-refractivity contribution is 5.94. The van der Waals surface area contributed by atoms with E-state index in [9.17, 15) is 19.5 Å². The van der Waals surface area contributed by atoms with Crippen molar-refractivity contribution in [3.05, 3.63) is 64.3 Å². The van der Waals surface area contributed by atoms with Crippen LogP contribution < -0.4 is 16.2 Å². The van der Waals surface area contributed by atoms with E-state index in [1.807, 2.05) is 12.1 Å². The minimum Gasteiger partial charge on any atom is -0.391 e. The van der Waals surface area contributed by atoms with Crippen LogP contribution >= 0.6 is 0 Å². The standard InChI is InChI=1S/C21H26N4O4/c1-25-11-3-5-16(21(25)29)20(28)24-17-7-6-15(12-18(17)26)19(27)23-10-8-14-4-2-9-22-13-14/h2-5,9,11,13,15,17-18,26H,6-8,10,12H2,1H3,(H,23,27)(H,24,28)/t15-,17+,18+/m0/s1. The van der Waals surface area contributed by atoms with Gasteiger partial charge in [0.25, 0.3) is 11.5 Å². The summed E-state index contributed by atoms with van der Waals surface area (Å²) < 4.78 is 1.33. The molecule has 0 bridgehead atoms. The van der Waals surface area contributed by atoms with Crippen LogP contribution in [-0.2, 0) is 18.3 Å². The Morgan fingerprint density at radius 3 is 2.83 bits per heavy atom. The van der Waals surface area contributed by atoms with Gasteiger partial charge in [-0.05, 0) is 49.4 Å². The Hall–Kier alpha value is -3.00. The summed E-state index contributed by atoms with van der Waals surface area (Å²) in [6.45, 7) is 0.509. The van der Waals surface area contributed by atoms with Crippen LogP contribution in [0.2, 0.25) is 0 Å². The van der Waals surface area contributed by atoms with Gasteiger partial charge < -0.3 is 20.3 Å². The lowest BCUT2D eigenvalue weighted by Gasteiger charge is -2.33. The van der Waals surface area contributed by atoms with Crippen molar-refractivity contribution in [2.75, 3.05) is 6.54 Å². The van der Waals surface area contributed by atoms with Crippen LogP contribution in [0, 0.1) is 5.92 Å². The maximum absolute atomic E-state index is 12.4. The second kappa shape index (κ2) is 9.47. The Bertz CT molecular complexity index is 912. The number of aryl methyl sites for hydroxylation is 1. The van der Waals surface area contributed by atoms with E-state index in [-0.39, 0.29) is 29.4 Å². The molecule has 2 heterocycles. The van der Waals surface area contributed by atoms with Gasteiger partial charge in [0.05, 0.1) is 12.1 Å². The first-order valence-corrected chi connectivity index (χ1v) is 9.77. The third-order valence-corrected chi connectivity index (χ3v) is 5.31. The van der Waals surface area contributed by atoms with E-state index < -0.39 is 18.1 Å². The molecule has 0 spiro atoms. The third kappa shape index (κ3) is 5.29. The second-order valence-electron chi connectivity index (χ2n) is 7.40. The highest BCUT2D eigenvalue weighted by Crippen LogP contribution is 2.25. The molecule has 2 amide bonds. The minimum absolute atomic E-state index is 0.0393. The molecule has 3 atom stereocenters. The summed E-state index contributed by atoms with van der Waals surface area (Å²) in [6, 6.07) is 6.42. The topological polar surface area (TPSA) is 113 Å². The van der Waals surface area contributed by atoms with Crippen molar-refractivity contribution in [3.8, 4) is 0 Å². The van der Waals surface area contributed by atoms with Gasteiger partial charge >= 0.3 is 0 Å². The van der Waals surface area contributed by atoms with E-state index in [1.54, 1.807) is 31.7 Å². The third-order valence-electron chi connectivity index (χ3n) is 5.31. The first-order valence-electron chi connectivity index (χ1n) is 9.77. The molecule has 1 saturated carbocycles. The SMILES string of the molecule is Cn1cccc(C(=O)N[C@@H]2CC[C@H](C(=O)NCCc3cccnc3)C[C@H]2O)c1=O. The van der Waals surface area contributed by atoms with Crippen molar-refractivity contribution >= 4 is 11.8 Å². The van der Waals surface area contributed by atoms with Gasteiger partial charge in [0, 0.05) is 38.1 Å². The molecule has 0 aliphatic heterocycles. The lowest BCUT2D eigenvalue weighted by molar-refractivity contribution is -0.127. The van der Waals surface area contributed by atoms with Gasteiger partial charge in [-0.15, -0.1) is 0 Å². The largest absolute Gasteiger partial charge is 0.391 e. The summed E-state index contributed by atoms with van der Waals surface area (Å²) in [5.41, 5.74) is 0.699. The van der Waals surface area contributed by atoms with Crippen LogP contribution in [0.1, 0.15) is 35.2 Å². The van der Waals surface area contributed by atoms with Crippen molar-refractivity contribution in [2.24, 2.45) is 13.0 Å². The zero-order valence-electron chi connectivity index (χ0n) is 16.4. The molecule has 3 N–H and O–H groups in total. The summed E-state index contributed by atoms with van der Waals surface area (Å²) in [5, 5.41) is 16.1. The number of aliphatic hydroxyl groups excluding tert-OH is 1. The second-order valence-corrected chi connectivity index (χ2v) is 7.40. The van der Waals surface area contributed by atoms with Crippen molar-refractivity contribution in [1.29, 1.82) is 0 Å². The zero-order chi connectivity index (χ0) is 20.8. The number of aliphatic hydroxyl groups is 1. The van der Waals surface area contributed by atoms with E-state index in [1.165, 1.54) is 10.6 Å². The van der Waals surface area contributed by atoms with Crippen LogP contribution in [0.5, 0.6) is 0 Å². The molecule has 2 aromatic rings. The van der Waals surface area contributed by atoms with Crippen LogP contribution in [0.3, 0.4) is 0 Å². The summed E-state index contributed by atoms with van der Waals surface area (Å²) in [5.74, 6) is -0.888. The number of hydrogen-bond acceptors (Lipinski definition) is 5. The van der Waals surface area contributed by atoms with E-state index in [0.717, 1.165) is 5.56 Å². The molecular formula is C21H26N4O4. The van der Waals surface area contributed by atoms with Crippen LogP contribution in [0.15, 0.2) is 47.7 Å². The van der Waals surface area contributed by atoms with Crippen molar-refractivity contribution in [3.63, 3.8) is 0 Å². The number of nitrogens with zero attached hydrogens (tertiary/aromatic N) is 2. The van der Waals surface area contributed by atoms with Gasteiger partial charge in [0.1, 0.15) is 5.56 Å². The average Bonchev–Trinajstić information content (AvgIpc) is 2.72. The number of nitrogens with one attached hydrogen (secondary N) is 2. The van der Waals surface area contributed by atoms with Gasteiger partial charge in [-0.1, -0.05) is 6.07 Å². The summed E-state index contributed by atoms with van der Waals surface area (Å²) in [6.07, 6.45) is 6.21. The molecule has 29 heavy (non-hydrogen) atoms. The van der Waals surface area contributed by atoms with E-state index in [4.69, 9.17) is 0 Å². The molecule has 0 saturated heterocycles. The molecular weight excluding hydrogens is 372 g/mol. The predicted molar refractivity (Wildman–Crippen MR) is 107 cm³/mol. The fourth-order valence-corrected chi connectivity index (χ4v) is 3.59. The Morgan fingerprint density at radius 2 is 2.10 bits per heavy atom. The lowest BCUT2D eigenvalue weighted by Crippen LogP contribution is -2.50. The average molecular weight is 398 g/mol.